The standard InChI is InChI=1S/C13H18N2O2/c1-3-10-5-4-6-12(10)14-15-13(16)11-7-8-17-9(11)2/h7-8,10H,3-6H2,1-2H3,(H,15,16)/b14-12+. The molecule has 4 nitrogen and oxygen atoms in total. The minimum Gasteiger partial charge on any atom is -0.469 e. The third kappa shape index (κ3) is 2.57. The molecule has 1 aromatic heterocycles. The number of carbonyl (C=O) groups excluding carboxylic acids is 1. The van der Waals surface area contributed by atoms with Crippen LogP contribution in [-0.2, 0) is 0 Å². The van der Waals surface area contributed by atoms with Crippen LogP contribution in [0.3, 0.4) is 0 Å². The molecule has 0 aliphatic heterocycles. The quantitative estimate of drug-likeness (QED) is 0.817. The van der Waals surface area contributed by atoms with Gasteiger partial charge in [0.05, 0.1) is 11.8 Å². The highest BCUT2D eigenvalue weighted by Crippen LogP contribution is 2.24. The van der Waals surface area contributed by atoms with Crippen LogP contribution in [-0.4, -0.2) is 11.6 Å². The molecular weight excluding hydrogens is 216 g/mol. The molecule has 1 fully saturated rings. The van der Waals surface area contributed by atoms with E-state index in [-0.39, 0.29) is 5.91 Å². The number of amides is 1. The topological polar surface area (TPSA) is 54.6 Å². The Labute approximate surface area is 101 Å². The van der Waals surface area contributed by atoms with Crippen molar-refractivity contribution in [2.45, 2.75) is 39.5 Å². The minimum atomic E-state index is -0.189. The van der Waals surface area contributed by atoms with Gasteiger partial charge in [0.1, 0.15) is 5.76 Å². The highest BCUT2D eigenvalue weighted by molar-refractivity contribution is 5.96. The Morgan fingerprint density at radius 2 is 2.47 bits per heavy atom. The summed E-state index contributed by atoms with van der Waals surface area (Å²) in [6, 6.07) is 1.66. The molecule has 1 N–H and O–H groups in total. The lowest BCUT2D eigenvalue weighted by molar-refractivity contribution is 0.0953. The molecule has 17 heavy (non-hydrogen) atoms. The first-order valence-corrected chi connectivity index (χ1v) is 6.13. The molecule has 1 unspecified atom stereocenters. The van der Waals surface area contributed by atoms with Crippen LogP contribution in [0.1, 0.15) is 48.7 Å². The monoisotopic (exact) mass is 234 g/mol. The lowest BCUT2D eigenvalue weighted by Gasteiger charge is -2.07. The summed E-state index contributed by atoms with van der Waals surface area (Å²) in [5.41, 5.74) is 4.30. The van der Waals surface area contributed by atoms with Crippen LogP contribution >= 0.6 is 0 Å². The first-order chi connectivity index (χ1) is 8.22. The number of rotatable bonds is 3. The molecule has 1 aliphatic carbocycles. The van der Waals surface area contributed by atoms with E-state index < -0.39 is 0 Å². The van der Waals surface area contributed by atoms with Crippen molar-refractivity contribution in [3.05, 3.63) is 23.7 Å². The van der Waals surface area contributed by atoms with E-state index >= 15 is 0 Å². The number of furan rings is 1. The summed E-state index contributed by atoms with van der Waals surface area (Å²) < 4.78 is 5.09. The van der Waals surface area contributed by atoms with Crippen LogP contribution < -0.4 is 5.43 Å². The van der Waals surface area contributed by atoms with Gasteiger partial charge in [0, 0.05) is 5.71 Å². The van der Waals surface area contributed by atoms with Crippen LogP contribution in [0, 0.1) is 12.8 Å². The fourth-order valence-corrected chi connectivity index (χ4v) is 2.29. The second-order valence-corrected chi connectivity index (χ2v) is 4.43. The molecule has 0 bridgehead atoms. The third-order valence-electron chi connectivity index (χ3n) is 3.35. The van der Waals surface area contributed by atoms with Gasteiger partial charge in [-0.25, -0.2) is 5.43 Å². The van der Waals surface area contributed by atoms with Crippen LogP contribution in [0.4, 0.5) is 0 Å². The predicted octanol–water partition coefficient (Wildman–Crippen LogP) is 2.88. The second kappa shape index (κ2) is 5.17. The maximum atomic E-state index is 11.8. The van der Waals surface area contributed by atoms with E-state index in [9.17, 15) is 4.79 Å². The van der Waals surface area contributed by atoms with Crippen LogP contribution in [0.15, 0.2) is 21.8 Å². The van der Waals surface area contributed by atoms with E-state index in [1.165, 1.54) is 19.1 Å². The molecular formula is C13H18N2O2. The van der Waals surface area contributed by atoms with Gasteiger partial charge in [0.2, 0.25) is 0 Å². The van der Waals surface area contributed by atoms with Crippen LogP contribution in [0.25, 0.3) is 0 Å². The number of hydrazone groups is 1. The number of nitrogens with one attached hydrogen (secondary N) is 1. The van der Waals surface area contributed by atoms with Crippen molar-refractivity contribution in [2.24, 2.45) is 11.0 Å². The molecule has 0 saturated heterocycles. The zero-order chi connectivity index (χ0) is 12.3. The number of hydrogen-bond donors (Lipinski definition) is 1. The van der Waals surface area contributed by atoms with E-state index in [4.69, 9.17) is 4.42 Å². The molecule has 0 aromatic carbocycles. The average molecular weight is 234 g/mol. The van der Waals surface area contributed by atoms with E-state index in [2.05, 4.69) is 17.5 Å². The van der Waals surface area contributed by atoms with Gasteiger partial charge in [-0.2, -0.15) is 5.10 Å². The van der Waals surface area contributed by atoms with Crippen molar-refractivity contribution in [1.82, 2.24) is 5.43 Å². The third-order valence-corrected chi connectivity index (χ3v) is 3.35. The predicted molar refractivity (Wildman–Crippen MR) is 66.0 cm³/mol. The highest BCUT2D eigenvalue weighted by atomic mass is 16.3. The Balaban J connectivity index is 2.00. The minimum absolute atomic E-state index is 0.189. The highest BCUT2D eigenvalue weighted by Gasteiger charge is 2.21. The van der Waals surface area contributed by atoms with Crippen molar-refractivity contribution in [3.8, 4) is 0 Å². The summed E-state index contributed by atoms with van der Waals surface area (Å²) in [6.07, 6.45) is 5.98. The molecule has 1 aromatic rings. The summed E-state index contributed by atoms with van der Waals surface area (Å²) in [5.74, 6) is 0.979. The van der Waals surface area contributed by atoms with Crippen molar-refractivity contribution in [2.75, 3.05) is 0 Å². The number of hydrogen-bond acceptors (Lipinski definition) is 3. The Hall–Kier alpha value is -1.58. The van der Waals surface area contributed by atoms with Crippen molar-refractivity contribution in [3.63, 3.8) is 0 Å². The van der Waals surface area contributed by atoms with Crippen molar-refractivity contribution in [1.29, 1.82) is 0 Å². The Morgan fingerprint density at radius 3 is 3.12 bits per heavy atom. The van der Waals surface area contributed by atoms with Gasteiger partial charge in [-0.05, 0) is 44.6 Å². The van der Waals surface area contributed by atoms with Gasteiger partial charge in [0.15, 0.2) is 0 Å². The number of aryl methyl sites for hydroxylation is 1. The van der Waals surface area contributed by atoms with Crippen LogP contribution in [0.2, 0.25) is 0 Å². The lowest BCUT2D eigenvalue weighted by atomic mass is 10.0. The normalized spacial score (nSPS) is 22.0. The summed E-state index contributed by atoms with van der Waals surface area (Å²) in [6.45, 7) is 3.93. The lowest BCUT2D eigenvalue weighted by Crippen LogP contribution is -2.21. The van der Waals surface area contributed by atoms with Gasteiger partial charge >= 0.3 is 0 Å². The van der Waals surface area contributed by atoms with E-state index in [0.717, 1.165) is 18.6 Å². The molecule has 4 heteroatoms. The molecule has 0 radical (unpaired) electrons. The van der Waals surface area contributed by atoms with Crippen molar-refractivity contribution >= 4 is 11.6 Å². The first-order valence-electron chi connectivity index (χ1n) is 6.13. The van der Waals surface area contributed by atoms with Crippen LogP contribution in [0.5, 0.6) is 0 Å². The molecule has 2 rings (SSSR count). The zero-order valence-corrected chi connectivity index (χ0v) is 10.3. The van der Waals surface area contributed by atoms with Gasteiger partial charge in [-0.15, -0.1) is 0 Å². The molecule has 1 amide bonds. The van der Waals surface area contributed by atoms with Gasteiger partial charge < -0.3 is 4.42 Å². The summed E-state index contributed by atoms with van der Waals surface area (Å²) in [5, 5.41) is 4.25. The second-order valence-electron chi connectivity index (χ2n) is 4.43. The largest absolute Gasteiger partial charge is 0.469 e. The van der Waals surface area contributed by atoms with E-state index in [1.807, 2.05) is 0 Å². The summed E-state index contributed by atoms with van der Waals surface area (Å²) >= 11 is 0. The molecule has 0 spiro atoms. The Morgan fingerprint density at radius 1 is 1.65 bits per heavy atom. The smallest absolute Gasteiger partial charge is 0.274 e. The Bertz CT molecular complexity index is 434. The summed E-state index contributed by atoms with van der Waals surface area (Å²) in [4.78, 5) is 11.8. The maximum Gasteiger partial charge on any atom is 0.274 e. The van der Waals surface area contributed by atoms with E-state index in [1.54, 1.807) is 13.0 Å². The van der Waals surface area contributed by atoms with Gasteiger partial charge in [0.25, 0.3) is 5.91 Å². The van der Waals surface area contributed by atoms with Gasteiger partial charge in [-0.3, -0.25) is 4.79 Å². The average Bonchev–Trinajstić information content (AvgIpc) is 2.94. The Kier molecular flexibility index (Phi) is 3.61. The molecule has 1 aliphatic rings. The van der Waals surface area contributed by atoms with Gasteiger partial charge in [-0.1, -0.05) is 6.92 Å². The van der Waals surface area contributed by atoms with E-state index in [0.29, 0.717) is 17.2 Å². The molecule has 1 saturated carbocycles. The van der Waals surface area contributed by atoms with Crippen molar-refractivity contribution < 1.29 is 9.21 Å². The fraction of sp³-hybridized carbons (Fsp3) is 0.538. The molecule has 1 heterocycles. The molecule has 1 atom stereocenters. The number of nitrogens with zero attached hydrogens (tertiary/aromatic N) is 1. The maximum absolute atomic E-state index is 11.8. The zero-order valence-electron chi connectivity index (χ0n) is 10.3. The summed E-state index contributed by atoms with van der Waals surface area (Å²) in [7, 11) is 0. The molecule has 92 valence electrons. The SMILES string of the molecule is CCC1CCC/C1=N\NC(=O)c1ccoc1C. The first kappa shape index (κ1) is 11.9. The number of carbonyl (C=O) groups is 1. The fourth-order valence-electron chi connectivity index (χ4n) is 2.29.